The second-order valence-electron chi connectivity index (χ2n) is 7.48. The van der Waals surface area contributed by atoms with E-state index in [1.165, 1.54) is 28.6 Å². The minimum absolute atomic E-state index is 0.300. The molecular weight excluding hydrogens is 399 g/mol. The Bertz CT molecular complexity index is 1010. The lowest BCUT2D eigenvalue weighted by Crippen LogP contribution is -2.34. The van der Waals surface area contributed by atoms with Gasteiger partial charge in [-0.15, -0.1) is 0 Å². The highest BCUT2D eigenvalue weighted by molar-refractivity contribution is 7.95. The van der Waals surface area contributed by atoms with E-state index in [4.69, 9.17) is 4.74 Å². The van der Waals surface area contributed by atoms with Gasteiger partial charge in [-0.25, -0.2) is 4.79 Å². The van der Waals surface area contributed by atoms with Crippen LogP contribution in [0.25, 0.3) is 0 Å². The molecule has 3 heteroatoms. The molecule has 0 aliphatic carbocycles. The molecule has 0 amide bonds. The Kier molecular flexibility index (Phi) is 6.60. The number of hydrogen-bond donors (Lipinski definition) is 0. The van der Waals surface area contributed by atoms with Crippen LogP contribution in [0.3, 0.4) is 0 Å². The van der Waals surface area contributed by atoms with Gasteiger partial charge in [-0.05, 0) is 54.1 Å². The van der Waals surface area contributed by atoms with Crippen molar-refractivity contribution in [2.24, 2.45) is 0 Å². The van der Waals surface area contributed by atoms with Crippen molar-refractivity contribution in [2.45, 2.75) is 6.42 Å². The topological polar surface area (TPSA) is 26.3 Å². The molecule has 0 fully saturated rings. The lowest BCUT2D eigenvalue weighted by atomic mass is 10.1. The van der Waals surface area contributed by atoms with E-state index < -0.39 is 7.26 Å². The molecule has 154 valence electrons. The van der Waals surface area contributed by atoms with Gasteiger partial charge in [0.2, 0.25) is 0 Å². The van der Waals surface area contributed by atoms with Gasteiger partial charge in [0.1, 0.15) is 23.2 Å². The molecule has 31 heavy (non-hydrogen) atoms. The molecule has 0 saturated heterocycles. The third kappa shape index (κ3) is 4.45. The third-order valence-corrected chi connectivity index (χ3v) is 10.1. The van der Waals surface area contributed by atoms with E-state index in [2.05, 4.69) is 91.0 Å². The quantitative estimate of drug-likeness (QED) is 0.307. The van der Waals surface area contributed by atoms with Crippen LogP contribution in [0.15, 0.2) is 115 Å². The first kappa shape index (κ1) is 21.0. The molecule has 0 N–H and O–H groups in total. The highest BCUT2D eigenvalue weighted by Crippen LogP contribution is 2.55. The van der Waals surface area contributed by atoms with Gasteiger partial charge in [-0.3, -0.25) is 0 Å². The van der Waals surface area contributed by atoms with Crippen LogP contribution in [0.2, 0.25) is 0 Å². The van der Waals surface area contributed by atoms with Crippen molar-refractivity contribution >= 4 is 29.1 Å². The number of rotatable bonds is 7. The first-order valence-electron chi connectivity index (χ1n) is 10.5. The molecule has 0 aromatic heterocycles. The highest BCUT2D eigenvalue weighted by atomic mass is 31.2. The van der Waals surface area contributed by atoms with Crippen molar-refractivity contribution in [3.8, 4) is 0 Å². The Morgan fingerprint density at radius 3 is 1.45 bits per heavy atom. The number of carbonyl (C=O) groups excluding carboxylic acids is 1. The molecule has 0 aliphatic rings. The minimum atomic E-state index is -1.85. The van der Waals surface area contributed by atoms with Crippen molar-refractivity contribution in [3.05, 3.63) is 126 Å². The van der Waals surface area contributed by atoms with Crippen LogP contribution < -0.4 is 15.9 Å². The maximum atomic E-state index is 11.8. The van der Waals surface area contributed by atoms with Crippen LogP contribution in [0.4, 0.5) is 0 Å². The highest BCUT2D eigenvalue weighted by Gasteiger charge is 2.44. The maximum absolute atomic E-state index is 11.8. The average molecular weight is 425 g/mol. The van der Waals surface area contributed by atoms with Gasteiger partial charge in [0.05, 0.1) is 18.8 Å². The molecule has 0 atom stereocenters. The summed E-state index contributed by atoms with van der Waals surface area (Å²) in [5.74, 6) is -0.300. The summed E-state index contributed by atoms with van der Waals surface area (Å²) < 4.78 is 4.83. The van der Waals surface area contributed by atoms with Gasteiger partial charge >= 0.3 is 5.97 Å². The van der Waals surface area contributed by atoms with Crippen LogP contribution >= 0.6 is 7.26 Å². The molecule has 0 spiro atoms. The van der Waals surface area contributed by atoms with Crippen molar-refractivity contribution in [1.82, 2.24) is 0 Å². The predicted octanol–water partition coefficient (Wildman–Crippen LogP) is 5.01. The van der Waals surface area contributed by atoms with Crippen molar-refractivity contribution in [2.75, 3.05) is 13.3 Å². The zero-order chi connectivity index (χ0) is 21.5. The number of benzene rings is 4. The number of hydrogen-bond acceptors (Lipinski definition) is 2. The fourth-order valence-corrected chi connectivity index (χ4v) is 8.41. The molecule has 0 saturated carbocycles. The van der Waals surface area contributed by atoms with E-state index in [1.807, 2.05) is 24.3 Å². The Morgan fingerprint density at radius 2 is 1.06 bits per heavy atom. The summed E-state index contributed by atoms with van der Waals surface area (Å²) in [6.07, 6.45) is 1.94. The summed E-state index contributed by atoms with van der Waals surface area (Å²) in [6.45, 7) is 0. The number of aryl methyl sites for hydroxylation is 1. The Labute approximate surface area is 184 Å². The largest absolute Gasteiger partial charge is 0.465 e. The first-order valence-corrected chi connectivity index (χ1v) is 12.4. The second kappa shape index (κ2) is 9.73. The molecule has 4 rings (SSSR count). The SMILES string of the molecule is COC(=O)c1ccc(CC[P+](c2ccccc2)(c2ccccc2)c2ccccc2)cc1. The van der Waals surface area contributed by atoms with E-state index in [-0.39, 0.29) is 5.97 Å². The standard InChI is InChI=1S/C28H26O2P/c1-30-28(29)24-19-17-23(18-20-24)21-22-31(25-11-5-2-6-12-25,26-13-7-3-8-14-26)27-15-9-4-10-16-27/h2-20H,21-22H2,1H3/q+1. The van der Waals surface area contributed by atoms with Gasteiger partial charge in [-0.1, -0.05) is 66.7 Å². The predicted molar refractivity (Wildman–Crippen MR) is 132 cm³/mol. The van der Waals surface area contributed by atoms with E-state index in [0.717, 1.165) is 12.6 Å². The fraction of sp³-hybridized carbons (Fsp3) is 0.107. The van der Waals surface area contributed by atoms with Gasteiger partial charge in [0.25, 0.3) is 0 Å². The number of methoxy groups -OCH3 is 1. The zero-order valence-electron chi connectivity index (χ0n) is 17.6. The fourth-order valence-electron chi connectivity index (χ4n) is 4.10. The Morgan fingerprint density at radius 1 is 0.645 bits per heavy atom. The number of ether oxygens (including phenoxy) is 1. The van der Waals surface area contributed by atoms with Crippen molar-refractivity contribution in [1.29, 1.82) is 0 Å². The number of esters is 1. The first-order chi connectivity index (χ1) is 15.2. The summed E-state index contributed by atoms with van der Waals surface area (Å²) in [6, 6.07) is 40.5. The Balaban J connectivity index is 1.78. The summed E-state index contributed by atoms with van der Waals surface area (Å²) in [7, 11) is -0.436. The van der Waals surface area contributed by atoms with E-state index in [9.17, 15) is 4.79 Å². The smallest absolute Gasteiger partial charge is 0.337 e. The van der Waals surface area contributed by atoms with Gasteiger partial charge < -0.3 is 4.74 Å². The van der Waals surface area contributed by atoms with Gasteiger partial charge in [0.15, 0.2) is 0 Å². The van der Waals surface area contributed by atoms with Crippen LogP contribution in [-0.2, 0) is 11.2 Å². The molecule has 2 nitrogen and oxygen atoms in total. The second-order valence-corrected chi connectivity index (χ2v) is 11.1. The lowest BCUT2D eigenvalue weighted by Gasteiger charge is -2.27. The monoisotopic (exact) mass is 425 g/mol. The minimum Gasteiger partial charge on any atom is -0.465 e. The molecule has 0 aliphatic heterocycles. The molecule has 0 bridgehead atoms. The maximum Gasteiger partial charge on any atom is 0.337 e. The van der Waals surface area contributed by atoms with E-state index >= 15 is 0 Å². The molecular formula is C28H26O2P+. The van der Waals surface area contributed by atoms with Crippen molar-refractivity contribution < 1.29 is 9.53 Å². The van der Waals surface area contributed by atoms with Crippen LogP contribution in [0, 0.1) is 0 Å². The van der Waals surface area contributed by atoms with Gasteiger partial charge in [-0.2, -0.15) is 0 Å². The molecule has 0 unspecified atom stereocenters. The molecule has 4 aromatic rings. The summed E-state index contributed by atoms with van der Waals surface area (Å²) in [5, 5.41) is 4.16. The van der Waals surface area contributed by atoms with Crippen LogP contribution in [0.5, 0.6) is 0 Å². The molecule has 0 heterocycles. The lowest BCUT2D eigenvalue weighted by molar-refractivity contribution is 0.0600. The van der Waals surface area contributed by atoms with Crippen molar-refractivity contribution in [3.63, 3.8) is 0 Å². The third-order valence-electron chi connectivity index (χ3n) is 5.70. The normalized spacial score (nSPS) is 11.1. The summed E-state index contributed by atoms with van der Waals surface area (Å²) in [5.41, 5.74) is 1.81. The summed E-state index contributed by atoms with van der Waals surface area (Å²) in [4.78, 5) is 11.8. The zero-order valence-corrected chi connectivity index (χ0v) is 18.5. The van der Waals surface area contributed by atoms with Gasteiger partial charge in [0, 0.05) is 6.42 Å². The number of carbonyl (C=O) groups is 1. The molecule has 4 aromatic carbocycles. The van der Waals surface area contributed by atoms with E-state index in [1.54, 1.807) is 0 Å². The summed E-state index contributed by atoms with van der Waals surface area (Å²) >= 11 is 0. The average Bonchev–Trinajstić information content (AvgIpc) is 2.86. The van der Waals surface area contributed by atoms with Crippen LogP contribution in [0.1, 0.15) is 15.9 Å². The van der Waals surface area contributed by atoms with Crippen LogP contribution in [-0.4, -0.2) is 19.2 Å². The molecule has 0 radical (unpaired) electrons. The van der Waals surface area contributed by atoms with E-state index in [0.29, 0.717) is 5.56 Å². The Hall–Kier alpha value is -3.22.